The number of likely N-dealkylation sites (tertiary alicyclic amines) is 2. The molecular formula is C18H35N3. The summed E-state index contributed by atoms with van der Waals surface area (Å²) >= 11 is 0. The lowest BCUT2D eigenvalue weighted by Crippen LogP contribution is -2.41. The Hall–Kier alpha value is -0.120. The Morgan fingerprint density at radius 3 is 2.14 bits per heavy atom. The molecule has 3 aliphatic rings. The van der Waals surface area contributed by atoms with Gasteiger partial charge in [0.05, 0.1) is 0 Å². The molecule has 2 saturated heterocycles. The van der Waals surface area contributed by atoms with Crippen LogP contribution in [-0.4, -0.2) is 62.2 Å². The number of hydrogen-bond donors (Lipinski definition) is 1. The van der Waals surface area contributed by atoms with Crippen LogP contribution in [0.15, 0.2) is 0 Å². The highest BCUT2D eigenvalue weighted by Gasteiger charge is 2.22. The van der Waals surface area contributed by atoms with Crippen LogP contribution in [0.1, 0.15) is 51.4 Å². The van der Waals surface area contributed by atoms with E-state index in [4.69, 9.17) is 0 Å². The summed E-state index contributed by atoms with van der Waals surface area (Å²) in [5, 5.41) is 3.69. The molecule has 1 saturated carbocycles. The summed E-state index contributed by atoms with van der Waals surface area (Å²) in [5.41, 5.74) is 0. The van der Waals surface area contributed by atoms with E-state index in [9.17, 15) is 0 Å². The Morgan fingerprint density at radius 1 is 0.714 bits per heavy atom. The van der Waals surface area contributed by atoms with Gasteiger partial charge < -0.3 is 15.1 Å². The van der Waals surface area contributed by atoms with E-state index in [-0.39, 0.29) is 0 Å². The summed E-state index contributed by atoms with van der Waals surface area (Å²) in [6.07, 6.45) is 11.6. The molecule has 21 heavy (non-hydrogen) atoms. The van der Waals surface area contributed by atoms with Crippen molar-refractivity contribution in [3.8, 4) is 0 Å². The quantitative estimate of drug-likeness (QED) is 0.728. The first-order chi connectivity index (χ1) is 10.4. The maximum Gasteiger partial charge on any atom is 0.0107 e. The monoisotopic (exact) mass is 293 g/mol. The van der Waals surface area contributed by atoms with Crippen molar-refractivity contribution in [3.63, 3.8) is 0 Å². The first kappa shape index (κ1) is 15.8. The van der Waals surface area contributed by atoms with Gasteiger partial charge in [-0.15, -0.1) is 0 Å². The van der Waals surface area contributed by atoms with Gasteiger partial charge in [0.2, 0.25) is 0 Å². The molecule has 2 aliphatic heterocycles. The molecule has 2 heterocycles. The first-order valence-electron chi connectivity index (χ1n) is 9.55. The summed E-state index contributed by atoms with van der Waals surface area (Å²) in [6, 6.07) is 0. The second-order valence-corrected chi connectivity index (χ2v) is 7.65. The third-order valence-corrected chi connectivity index (χ3v) is 5.93. The van der Waals surface area contributed by atoms with Gasteiger partial charge in [0.25, 0.3) is 0 Å². The molecule has 0 spiro atoms. The molecule has 0 radical (unpaired) electrons. The zero-order chi connectivity index (χ0) is 14.3. The Balaban J connectivity index is 1.22. The van der Waals surface area contributed by atoms with Crippen LogP contribution in [0.4, 0.5) is 0 Å². The zero-order valence-corrected chi connectivity index (χ0v) is 13.9. The van der Waals surface area contributed by atoms with Crippen molar-refractivity contribution in [1.29, 1.82) is 0 Å². The molecule has 3 fully saturated rings. The zero-order valence-electron chi connectivity index (χ0n) is 13.9. The Labute approximate surface area is 131 Å². The average molecular weight is 293 g/mol. The van der Waals surface area contributed by atoms with Gasteiger partial charge in [0, 0.05) is 19.6 Å². The van der Waals surface area contributed by atoms with E-state index in [1.54, 1.807) is 0 Å². The minimum absolute atomic E-state index is 0.978. The van der Waals surface area contributed by atoms with Crippen molar-refractivity contribution >= 4 is 0 Å². The van der Waals surface area contributed by atoms with Crippen molar-refractivity contribution in [2.24, 2.45) is 11.8 Å². The normalized spacial score (nSPS) is 26.9. The van der Waals surface area contributed by atoms with Crippen molar-refractivity contribution in [1.82, 2.24) is 15.1 Å². The van der Waals surface area contributed by atoms with Crippen LogP contribution in [-0.2, 0) is 0 Å². The highest BCUT2D eigenvalue weighted by Crippen LogP contribution is 2.23. The van der Waals surface area contributed by atoms with E-state index in [2.05, 4.69) is 15.1 Å². The molecule has 3 heteroatoms. The SMILES string of the molecule is C1CCC(CNCCN2CCC(CN3CCCC3)CC2)C1. The first-order valence-corrected chi connectivity index (χ1v) is 9.55. The summed E-state index contributed by atoms with van der Waals surface area (Å²) < 4.78 is 0. The smallest absolute Gasteiger partial charge is 0.0107 e. The second kappa shape index (κ2) is 8.50. The lowest BCUT2D eigenvalue weighted by molar-refractivity contribution is 0.154. The van der Waals surface area contributed by atoms with Crippen LogP contribution in [0.2, 0.25) is 0 Å². The van der Waals surface area contributed by atoms with Crippen LogP contribution >= 0.6 is 0 Å². The topological polar surface area (TPSA) is 18.5 Å². The second-order valence-electron chi connectivity index (χ2n) is 7.65. The molecule has 1 N–H and O–H groups in total. The Morgan fingerprint density at radius 2 is 1.43 bits per heavy atom. The van der Waals surface area contributed by atoms with E-state index >= 15 is 0 Å². The molecule has 0 bridgehead atoms. The maximum absolute atomic E-state index is 3.69. The molecule has 3 rings (SSSR count). The average Bonchev–Trinajstić information content (AvgIpc) is 3.19. The number of hydrogen-bond acceptors (Lipinski definition) is 3. The number of piperidine rings is 1. The van der Waals surface area contributed by atoms with Crippen LogP contribution in [0.3, 0.4) is 0 Å². The van der Waals surface area contributed by atoms with Gasteiger partial charge in [-0.3, -0.25) is 0 Å². The Kier molecular flexibility index (Phi) is 6.38. The fourth-order valence-electron chi connectivity index (χ4n) is 4.48. The summed E-state index contributed by atoms with van der Waals surface area (Å²) in [7, 11) is 0. The maximum atomic E-state index is 3.69. The van der Waals surface area contributed by atoms with Crippen LogP contribution < -0.4 is 5.32 Å². The van der Waals surface area contributed by atoms with E-state index in [1.165, 1.54) is 104 Å². The highest BCUT2D eigenvalue weighted by molar-refractivity contribution is 4.77. The van der Waals surface area contributed by atoms with E-state index in [0.29, 0.717) is 0 Å². The summed E-state index contributed by atoms with van der Waals surface area (Å²) in [4.78, 5) is 5.38. The highest BCUT2D eigenvalue weighted by atomic mass is 15.2. The van der Waals surface area contributed by atoms with Gasteiger partial charge in [-0.1, -0.05) is 12.8 Å². The fraction of sp³-hybridized carbons (Fsp3) is 1.00. The van der Waals surface area contributed by atoms with Gasteiger partial charge in [-0.2, -0.15) is 0 Å². The van der Waals surface area contributed by atoms with E-state index in [1.807, 2.05) is 0 Å². The lowest BCUT2D eigenvalue weighted by Gasteiger charge is -2.34. The molecule has 122 valence electrons. The molecular weight excluding hydrogens is 258 g/mol. The number of nitrogens with zero attached hydrogens (tertiary/aromatic N) is 2. The third-order valence-electron chi connectivity index (χ3n) is 5.93. The van der Waals surface area contributed by atoms with Gasteiger partial charge in [0.15, 0.2) is 0 Å². The number of rotatable bonds is 7. The lowest BCUT2D eigenvalue weighted by atomic mass is 9.96. The van der Waals surface area contributed by atoms with Gasteiger partial charge in [0.1, 0.15) is 0 Å². The molecule has 0 aromatic heterocycles. The summed E-state index contributed by atoms with van der Waals surface area (Å²) in [5.74, 6) is 1.96. The number of nitrogens with one attached hydrogen (secondary N) is 1. The standard InChI is InChI=1S/C18H35N3/c1-2-6-17(5-1)15-19-9-14-20-12-7-18(8-13-20)16-21-10-3-4-11-21/h17-19H,1-16H2. The molecule has 0 aromatic rings. The largest absolute Gasteiger partial charge is 0.315 e. The molecule has 0 aromatic carbocycles. The van der Waals surface area contributed by atoms with Gasteiger partial charge in [-0.25, -0.2) is 0 Å². The van der Waals surface area contributed by atoms with E-state index in [0.717, 1.165) is 11.8 Å². The predicted octanol–water partition coefficient (Wildman–Crippen LogP) is 2.57. The van der Waals surface area contributed by atoms with Crippen LogP contribution in [0, 0.1) is 11.8 Å². The van der Waals surface area contributed by atoms with Crippen molar-refractivity contribution in [3.05, 3.63) is 0 Å². The molecule has 0 atom stereocenters. The minimum atomic E-state index is 0.978. The predicted molar refractivity (Wildman–Crippen MR) is 89.7 cm³/mol. The Bertz CT molecular complexity index is 271. The van der Waals surface area contributed by atoms with Crippen LogP contribution in [0.5, 0.6) is 0 Å². The van der Waals surface area contributed by atoms with Gasteiger partial charge in [-0.05, 0) is 83.1 Å². The molecule has 3 nitrogen and oxygen atoms in total. The summed E-state index contributed by atoms with van der Waals surface area (Å²) in [6.45, 7) is 10.5. The molecule has 1 aliphatic carbocycles. The third kappa shape index (κ3) is 5.22. The minimum Gasteiger partial charge on any atom is -0.315 e. The molecule has 0 unspecified atom stereocenters. The van der Waals surface area contributed by atoms with E-state index < -0.39 is 0 Å². The van der Waals surface area contributed by atoms with Crippen molar-refractivity contribution in [2.45, 2.75) is 51.4 Å². The van der Waals surface area contributed by atoms with Crippen molar-refractivity contribution < 1.29 is 0 Å². The fourth-order valence-corrected chi connectivity index (χ4v) is 4.48. The van der Waals surface area contributed by atoms with Gasteiger partial charge >= 0.3 is 0 Å². The molecule has 0 amide bonds. The van der Waals surface area contributed by atoms with Crippen molar-refractivity contribution in [2.75, 3.05) is 52.4 Å². The van der Waals surface area contributed by atoms with Crippen LogP contribution in [0.25, 0.3) is 0 Å².